The highest BCUT2D eigenvalue weighted by Gasteiger charge is 2.03. The third-order valence-electron chi connectivity index (χ3n) is 2.80. The SMILES string of the molecule is Nc1cccc(NC(=O)CCOCc2cccc(Br)c2)c1. The molecule has 0 unspecified atom stereocenters. The van der Waals surface area contributed by atoms with Crippen molar-refractivity contribution in [1.82, 2.24) is 0 Å². The van der Waals surface area contributed by atoms with Crippen molar-refractivity contribution in [2.45, 2.75) is 13.0 Å². The van der Waals surface area contributed by atoms with Gasteiger partial charge in [-0.2, -0.15) is 0 Å². The molecule has 0 bridgehead atoms. The number of ether oxygens (including phenoxy) is 1. The number of rotatable bonds is 6. The van der Waals surface area contributed by atoms with Gasteiger partial charge in [0.1, 0.15) is 0 Å². The van der Waals surface area contributed by atoms with Crippen molar-refractivity contribution in [2.24, 2.45) is 0 Å². The molecule has 2 aromatic rings. The van der Waals surface area contributed by atoms with E-state index in [0.717, 1.165) is 10.0 Å². The summed E-state index contributed by atoms with van der Waals surface area (Å²) in [6.07, 6.45) is 0.308. The van der Waals surface area contributed by atoms with Gasteiger partial charge in [-0.25, -0.2) is 0 Å². The monoisotopic (exact) mass is 348 g/mol. The summed E-state index contributed by atoms with van der Waals surface area (Å²) in [5.74, 6) is -0.0881. The molecule has 21 heavy (non-hydrogen) atoms. The molecule has 0 heterocycles. The lowest BCUT2D eigenvalue weighted by Gasteiger charge is -2.07. The Labute approximate surface area is 132 Å². The smallest absolute Gasteiger partial charge is 0.226 e. The maximum Gasteiger partial charge on any atom is 0.226 e. The van der Waals surface area contributed by atoms with Crippen LogP contribution in [-0.2, 0) is 16.1 Å². The maximum atomic E-state index is 11.7. The molecule has 4 nitrogen and oxygen atoms in total. The fourth-order valence-electron chi connectivity index (χ4n) is 1.82. The van der Waals surface area contributed by atoms with Crippen LogP contribution in [0.15, 0.2) is 53.0 Å². The molecule has 0 aliphatic rings. The zero-order valence-corrected chi connectivity index (χ0v) is 13.1. The zero-order valence-electron chi connectivity index (χ0n) is 11.5. The van der Waals surface area contributed by atoms with Crippen LogP contribution < -0.4 is 11.1 Å². The van der Waals surface area contributed by atoms with Gasteiger partial charge in [0.2, 0.25) is 5.91 Å². The first-order valence-electron chi connectivity index (χ1n) is 6.61. The third-order valence-corrected chi connectivity index (χ3v) is 3.29. The normalized spacial score (nSPS) is 10.3. The fourth-order valence-corrected chi connectivity index (χ4v) is 2.27. The highest BCUT2D eigenvalue weighted by molar-refractivity contribution is 9.10. The minimum Gasteiger partial charge on any atom is -0.399 e. The predicted octanol–water partition coefficient (Wildman–Crippen LogP) is 3.58. The van der Waals surface area contributed by atoms with E-state index in [2.05, 4.69) is 21.2 Å². The van der Waals surface area contributed by atoms with Gasteiger partial charge in [-0.05, 0) is 35.9 Å². The molecule has 5 heteroatoms. The van der Waals surface area contributed by atoms with Crippen molar-refractivity contribution < 1.29 is 9.53 Å². The van der Waals surface area contributed by atoms with Crippen LogP contribution in [0.25, 0.3) is 0 Å². The lowest BCUT2D eigenvalue weighted by Crippen LogP contribution is -2.14. The highest BCUT2D eigenvalue weighted by Crippen LogP contribution is 2.13. The van der Waals surface area contributed by atoms with Gasteiger partial charge in [0.05, 0.1) is 19.6 Å². The number of carbonyl (C=O) groups is 1. The fraction of sp³-hybridized carbons (Fsp3) is 0.188. The third kappa shape index (κ3) is 5.57. The van der Waals surface area contributed by atoms with Crippen LogP contribution in [-0.4, -0.2) is 12.5 Å². The average Bonchev–Trinajstić information content (AvgIpc) is 2.44. The number of carbonyl (C=O) groups excluding carboxylic acids is 1. The Bertz CT molecular complexity index is 617. The summed E-state index contributed by atoms with van der Waals surface area (Å²) in [5, 5.41) is 2.78. The molecule has 0 aromatic heterocycles. The molecular weight excluding hydrogens is 332 g/mol. The first-order chi connectivity index (χ1) is 10.1. The minimum atomic E-state index is -0.0881. The van der Waals surface area contributed by atoms with Gasteiger partial charge >= 0.3 is 0 Å². The van der Waals surface area contributed by atoms with Crippen LogP contribution in [0.4, 0.5) is 11.4 Å². The Morgan fingerprint density at radius 2 is 2.00 bits per heavy atom. The molecule has 0 fully saturated rings. The minimum absolute atomic E-state index is 0.0881. The van der Waals surface area contributed by atoms with E-state index in [-0.39, 0.29) is 5.91 Å². The Balaban J connectivity index is 1.70. The van der Waals surface area contributed by atoms with Crippen LogP contribution in [0, 0.1) is 0 Å². The number of hydrogen-bond donors (Lipinski definition) is 2. The second-order valence-corrected chi connectivity index (χ2v) is 5.52. The second kappa shape index (κ2) is 7.81. The second-order valence-electron chi connectivity index (χ2n) is 4.61. The number of nitrogens with one attached hydrogen (secondary N) is 1. The van der Waals surface area contributed by atoms with E-state index >= 15 is 0 Å². The van der Waals surface area contributed by atoms with Crippen molar-refractivity contribution in [3.05, 3.63) is 58.6 Å². The molecule has 0 aliphatic carbocycles. The Hall–Kier alpha value is -1.85. The van der Waals surface area contributed by atoms with E-state index in [0.29, 0.717) is 31.0 Å². The summed E-state index contributed by atoms with van der Waals surface area (Å²) >= 11 is 3.41. The predicted molar refractivity (Wildman–Crippen MR) is 87.9 cm³/mol. The van der Waals surface area contributed by atoms with E-state index in [9.17, 15) is 4.79 Å². The van der Waals surface area contributed by atoms with Crippen molar-refractivity contribution in [3.63, 3.8) is 0 Å². The Morgan fingerprint density at radius 1 is 1.19 bits per heavy atom. The largest absolute Gasteiger partial charge is 0.399 e. The summed E-state index contributed by atoms with van der Waals surface area (Å²) in [6.45, 7) is 0.867. The van der Waals surface area contributed by atoms with Crippen molar-refractivity contribution in [2.75, 3.05) is 17.7 Å². The van der Waals surface area contributed by atoms with Crippen LogP contribution in [0.5, 0.6) is 0 Å². The number of nitrogens with two attached hydrogens (primary N) is 1. The Kier molecular flexibility index (Phi) is 5.78. The van der Waals surface area contributed by atoms with Crippen molar-refractivity contribution in [1.29, 1.82) is 0 Å². The van der Waals surface area contributed by atoms with E-state index in [1.165, 1.54) is 0 Å². The van der Waals surface area contributed by atoms with Gasteiger partial charge in [-0.3, -0.25) is 4.79 Å². The van der Waals surface area contributed by atoms with Gasteiger partial charge < -0.3 is 15.8 Å². The first-order valence-corrected chi connectivity index (χ1v) is 7.40. The van der Waals surface area contributed by atoms with Crippen LogP contribution in [0.3, 0.4) is 0 Å². The number of hydrogen-bond acceptors (Lipinski definition) is 3. The van der Waals surface area contributed by atoms with Crippen LogP contribution in [0.1, 0.15) is 12.0 Å². The molecule has 0 spiro atoms. The number of amides is 1. The summed E-state index contributed by atoms with van der Waals surface area (Å²) in [6, 6.07) is 15.0. The van der Waals surface area contributed by atoms with Gasteiger partial charge in [-0.15, -0.1) is 0 Å². The van der Waals surface area contributed by atoms with E-state index in [4.69, 9.17) is 10.5 Å². The van der Waals surface area contributed by atoms with E-state index in [1.807, 2.05) is 24.3 Å². The van der Waals surface area contributed by atoms with Gasteiger partial charge in [0.15, 0.2) is 0 Å². The summed E-state index contributed by atoms with van der Waals surface area (Å²) < 4.78 is 6.52. The molecule has 110 valence electrons. The summed E-state index contributed by atoms with van der Waals surface area (Å²) in [4.78, 5) is 11.7. The lowest BCUT2D eigenvalue weighted by molar-refractivity contribution is -0.117. The first kappa shape index (κ1) is 15.5. The molecule has 0 saturated carbocycles. The molecular formula is C16H17BrN2O2. The molecule has 0 aliphatic heterocycles. The molecule has 0 radical (unpaired) electrons. The standard InChI is InChI=1S/C16H17BrN2O2/c17-13-4-1-3-12(9-13)11-21-8-7-16(20)19-15-6-2-5-14(18)10-15/h1-6,9-10H,7-8,11,18H2,(H,19,20). The molecule has 1 amide bonds. The van der Waals surface area contributed by atoms with Gasteiger partial charge in [-0.1, -0.05) is 34.1 Å². The number of anilines is 2. The zero-order chi connectivity index (χ0) is 15.1. The summed E-state index contributed by atoms with van der Waals surface area (Å²) in [7, 11) is 0. The van der Waals surface area contributed by atoms with Crippen molar-refractivity contribution in [3.8, 4) is 0 Å². The molecule has 3 N–H and O–H groups in total. The molecule has 0 saturated heterocycles. The molecule has 2 rings (SSSR count). The van der Waals surface area contributed by atoms with E-state index < -0.39 is 0 Å². The molecule has 0 atom stereocenters. The summed E-state index contributed by atoms with van der Waals surface area (Å²) in [5.41, 5.74) is 8.05. The topological polar surface area (TPSA) is 64.3 Å². The highest BCUT2D eigenvalue weighted by atomic mass is 79.9. The average molecular weight is 349 g/mol. The van der Waals surface area contributed by atoms with Crippen LogP contribution in [0.2, 0.25) is 0 Å². The van der Waals surface area contributed by atoms with Crippen LogP contribution >= 0.6 is 15.9 Å². The number of halogens is 1. The molecule has 2 aromatic carbocycles. The Morgan fingerprint density at radius 3 is 2.76 bits per heavy atom. The quantitative estimate of drug-likeness (QED) is 0.619. The number of benzene rings is 2. The van der Waals surface area contributed by atoms with E-state index in [1.54, 1.807) is 24.3 Å². The number of nitrogen functional groups attached to an aromatic ring is 1. The maximum absolute atomic E-state index is 11.7. The van der Waals surface area contributed by atoms with Gasteiger partial charge in [0.25, 0.3) is 0 Å². The van der Waals surface area contributed by atoms with Crippen molar-refractivity contribution >= 4 is 33.2 Å². The van der Waals surface area contributed by atoms with Gasteiger partial charge in [0, 0.05) is 15.8 Å². The lowest BCUT2D eigenvalue weighted by atomic mass is 10.2.